The molecule has 1 amide bonds. The predicted molar refractivity (Wildman–Crippen MR) is 104 cm³/mol. The molecule has 1 aliphatic rings. The normalized spacial score (nSPS) is 15.5. The Kier molecular flexibility index (Phi) is 6.16. The number of ether oxygens (including phenoxy) is 2. The van der Waals surface area contributed by atoms with Gasteiger partial charge in [0.1, 0.15) is 11.5 Å². The molecule has 3 rings (SSSR count). The van der Waals surface area contributed by atoms with Gasteiger partial charge in [-0.15, -0.1) is 0 Å². The number of hydrogen-bond acceptors (Lipinski definition) is 3. The summed E-state index contributed by atoms with van der Waals surface area (Å²) in [4.78, 5) is 12.5. The summed E-state index contributed by atoms with van der Waals surface area (Å²) < 4.78 is 11.8. The molecule has 0 radical (unpaired) electrons. The van der Waals surface area contributed by atoms with Gasteiger partial charge in [-0.2, -0.15) is 0 Å². The van der Waals surface area contributed by atoms with E-state index in [1.807, 2.05) is 62.4 Å². The minimum Gasteiger partial charge on any atom is -0.490 e. The fourth-order valence-corrected chi connectivity index (χ4v) is 3.21. The zero-order valence-electron chi connectivity index (χ0n) is 15.5. The van der Waals surface area contributed by atoms with Crippen molar-refractivity contribution in [2.24, 2.45) is 0 Å². The fourth-order valence-electron chi connectivity index (χ4n) is 3.21. The summed E-state index contributed by atoms with van der Waals surface area (Å²) in [6.07, 6.45) is 5.17. The van der Waals surface area contributed by atoms with Crippen LogP contribution in [0.15, 0.2) is 48.5 Å². The molecular formula is C22H27NO3. The molecule has 4 heteroatoms. The zero-order chi connectivity index (χ0) is 18.4. The number of hydrogen-bond donors (Lipinski definition) is 1. The summed E-state index contributed by atoms with van der Waals surface area (Å²) in [5, 5.41) is 2.93. The average Bonchev–Trinajstić information content (AvgIpc) is 3.14. The molecule has 1 saturated carbocycles. The molecule has 0 aliphatic heterocycles. The van der Waals surface area contributed by atoms with Gasteiger partial charge >= 0.3 is 0 Å². The predicted octanol–water partition coefficient (Wildman–Crippen LogP) is 5.11. The molecular weight excluding hydrogens is 326 g/mol. The summed E-state index contributed by atoms with van der Waals surface area (Å²) in [5.41, 5.74) is 1.86. The maximum absolute atomic E-state index is 12.5. The van der Waals surface area contributed by atoms with Crippen LogP contribution in [0.5, 0.6) is 11.5 Å². The van der Waals surface area contributed by atoms with Crippen molar-refractivity contribution in [1.29, 1.82) is 0 Å². The Morgan fingerprint density at radius 3 is 2.50 bits per heavy atom. The molecule has 1 aliphatic carbocycles. The van der Waals surface area contributed by atoms with E-state index in [4.69, 9.17) is 9.47 Å². The van der Waals surface area contributed by atoms with Crippen molar-refractivity contribution >= 4 is 11.6 Å². The van der Waals surface area contributed by atoms with Gasteiger partial charge in [-0.1, -0.05) is 19.1 Å². The molecule has 138 valence electrons. The number of nitrogens with one attached hydrogen (secondary N) is 1. The Hall–Kier alpha value is -2.49. The third-order valence-corrected chi connectivity index (χ3v) is 4.66. The smallest absolute Gasteiger partial charge is 0.265 e. The van der Waals surface area contributed by atoms with Gasteiger partial charge in [0.05, 0.1) is 6.10 Å². The Morgan fingerprint density at radius 1 is 1.12 bits per heavy atom. The van der Waals surface area contributed by atoms with Crippen molar-refractivity contribution < 1.29 is 14.3 Å². The van der Waals surface area contributed by atoms with E-state index in [1.54, 1.807) is 0 Å². The second-order valence-electron chi connectivity index (χ2n) is 6.87. The number of carbonyl (C=O) groups is 1. The van der Waals surface area contributed by atoms with E-state index in [9.17, 15) is 4.79 Å². The monoisotopic (exact) mass is 353 g/mol. The van der Waals surface area contributed by atoms with E-state index in [0.717, 1.165) is 29.8 Å². The minimum absolute atomic E-state index is 0.140. The highest BCUT2D eigenvalue weighted by atomic mass is 16.5. The van der Waals surface area contributed by atoms with Crippen molar-refractivity contribution in [1.82, 2.24) is 0 Å². The van der Waals surface area contributed by atoms with Crippen LogP contribution in [0.2, 0.25) is 0 Å². The third kappa shape index (κ3) is 5.01. The molecule has 2 aromatic carbocycles. The van der Waals surface area contributed by atoms with Gasteiger partial charge in [0.2, 0.25) is 0 Å². The first-order chi connectivity index (χ1) is 12.6. The highest BCUT2D eigenvalue weighted by Gasteiger charge is 2.19. The van der Waals surface area contributed by atoms with Crippen molar-refractivity contribution in [3.63, 3.8) is 0 Å². The van der Waals surface area contributed by atoms with E-state index < -0.39 is 6.10 Å². The molecule has 2 aromatic rings. The van der Waals surface area contributed by atoms with Gasteiger partial charge in [0.25, 0.3) is 5.91 Å². The first kappa shape index (κ1) is 18.3. The maximum atomic E-state index is 12.5. The highest BCUT2D eigenvalue weighted by molar-refractivity contribution is 5.94. The van der Waals surface area contributed by atoms with E-state index in [-0.39, 0.29) is 5.91 Å². The van der Waals surface area contributed by atoms with Gasteiger partial charge in [0.15, 0.2) is 6.10 Å². The molecule has 1 atom stereocenters. The van der Waals surface area contributed by atoms with Gasteiger partial charge in [-0.25, -0.2) is 0 Å². The SMILES string of the molecule is CC[C@H](Oc1cccc(C)c1)C(=O)Nc1ccc(OC2CCCC2)cc1. The van der Waals surface area contributed by atoms with Gasteiger partial charge in [0, 0.05) is 5.69 Å². The largest absolute Gasteiger partial charge is 0.490 e. The molecule has 0 heterocycles. The summed E-state index contributed by atoms with van der Waals surface area (Å²) >= 11 is 0. The van der Waals surface area contributed by atoms with Crippen LogP contribution in [0, 0.1) is 6.92 Å². The topological polar surface area (TPSA) is 47.6 Å². The molecule has 0 unspecified atom stereocenters. The highest BCUT2D eigenvalue weighted by Crippen LogP contribution is 2.25. The molecule has 0 spiro atoms. The number of aryl methyl sites for hydroxylation is 1. The van der Waals surface area contributed by atoms with Crippen LogP contribution >= 0.6 is 0 Å². The van der Waals surface area contributed by atoms with E-state index in [1.165, 1.54) is 12.8 Å². The molecule has 0 bridgehead atoms. The number of carbonyl (C=O) groups excluding carboxylic acids is 1. The van der Waals surface area contributed by atoms with E-state index >= 15 is 0 Å². The quantitative estimate of drug-likeness (QED) is 0.752. The molecule has 1 fully saturated rings. The van der Waals surface area contributed by atoms with Gasteiger partial charge in [-0.05, 0) is 81.0 Å². The molecule has 0 aromatic heterocycles. The number of amides is 1. The van der Waals surface area contributed by atoms with E-state index in [2.05, 4.69) is 5.32 Å². The lowest BCUT2D eigenvalue weighted by molar-refractivity contribution is -0.122. The van der Waals surface area contributed by atoms with Crippen molar-refractivity contribution in [3.05, 3.63) is 54.1 Å². The first-order valence-electron chi connectivity index (χ1n) is 9.45. The lowest BCUT2D eigenvalue weighted by Gasteiger charge is -2.18. The van der Waals surface area contributed by atoms with E-state index in [0.29, 0.717) is 18.3 Å². The standard InChI is InChI=1S/C22H27NO3/c1-3-21(26-20-10-6-7-16(2)15-20)22(24)23-17-11-13-19(14-12-17)25-18-8-4-5-9-18/h6-7,10-15,18,21H,3-5,8-9H2,1-2H3,(H,23,24)/t21-/m0/s1. The van der Waals surface area contributed by atoms with Crippen LogP contribution in [-0.4, -0.2) is 18.1 Å². The summed E-state index contributed by atoms with van der Waals surface area (Å²) in [7, 11) is 0. The average molecular weight is 353 g/mol. The van der Waals surface area contributed by atoms with Crippen LogP contribution in [0.4, 0.5) is 5.69 Å². The fraction of sp³-hybridized carbons (Fsp3) is 0.409. The van der Waals surface area contributed by atoms with Gasteiger partial charge < -0.3 is 14.8 Å². The maximum Gasteiger partial charge on any atom is 0.265 e. The molecule has 1 N–H and O–H groups in total. The minimum atomic E-state index is -0.522. The van der Waals surface area contributed by atoms with Crippen LogP contribution in [0.1, 0.15) is 44.6 Å². The second-order valence-corrected chi connectivity index (χ2v) is 6.87. The van der Waals surface area contributed by atoms with Gasteiger partial charge in [-0.3, -0.25) is 4.79 Å². The van der Waals surface area contributed by atoms with Crippen LogP contribution in [-0.2, 0) is 4.79 Å². The number of anilines is 1. The van der Waals surface area contributed by atoms with Crippen LogP contribution < -0.4 is 14.8 Å². The van der Waals surface area contributed by atoms with Crippen molar-refractivity contribution in [3.8, 4) is 11.5 Å². The summed E-state index contributed by atoms with van der Waals surface area (Å²) in [6.45, 7) is 3.95. The zero-order valence-corrected chi connectivity index (χ0v) is 15.5. The van der Waals surface area contributed by atoms with Crippen molar-refractivity contribution in [2.75, 3.05) is 5.32 Å². The lowest BCUT2D eigenvalue weighted by atomic mass is 10.2. The summed E-state index contributed by atoms with van der Waals surface area (Å²) in [5.74, 6) is 1.43. The van der Waals surface area contributed by atoms with Crippen LogP contribution in [0.3, 0.4) is 0 Å². The Balaban J connectivity index is 1.56. The summed E-state index contributed by atoms with van der Waals surface area (Å²) in [6, 6.07) is 15.3. The molecule has 0 saturated heterocycles. The molecule has 26 heavy (non-hydrogen) atoms. The number of benzene rings is 2. The Morgan fingerprint density at radius 2 is 1.85 bits per heavy atom. The molecule has 4 nitrogen and oxygen atoms in total. The lowest BCUT2D eigenvalue weighted by Crippen LogP contribution is -2.32. The number of rotatable bonds is 7. The Labute approximate surface area is 155 Å². The van der Waals surface area contributed by atoms with Crippen LogP contribution in [0.25, 0.3) is 0 Å². The first-order valence-corrected chi connectivity index (χ1v) is 9.45. The second kappa shape index (κ2) is 8.75. The third-order valence-electron chi connectivity index (χ3n) is 4.66. The Bertz CT molecular complexity index is 720. The van der Waals surface area contributed by atoms with Crippen molar-refractivity contribution in [2.45, 2.75) is 58.2 Å².